The molecule has 2 heterocycles. The quantitative estimate of drug-likeness (QED) is 0.736. The number of hydrogen-bond acceptors (Lipinski definition) is 4. The van der Waals surface area contributed by atoms with Gasteiger partial charge in [-0.1, -0.05) is 0 Å². The first-order chi connectivity index (χ1) is 8.27. The van der Waals surface area contributed by atoms with Crippen LogP contribution in [0.5, 0.6) is 0 Å². The SMILES string of the molecule is O=C(CCn1cccnc1=O)N1CCNCC1. The van der Waals surface area contributed by atoms with Gasteiger partial charge in [0.15, 0.2) is 0 Å². The lowest BCUT2D eigenvalue weighted by Crippen LogP contribution is -2.46. The molecule has 0 aromatic carbocycles. The summed E-state index contributed by atoms with van der Waals surface area (Å²) in [5, 5.41) is 3.19. The maximum atomic E-state index is 11.8. The van der Waals surface area contributed by atoms with E-state index in [1.807, 2.05) is 4.90 Å². The van der Waals surface area contributed by atoms with Gasteiger partial charge in [0.2, 0.25) is 5.91 Å². The van der Waals surface area contributed by atoms with Crippen LogP contribution >= 0.6 is 0 Å². The molecular weight excluding hydrogens is 220 g/mol. The largest absolute Gasteiger partial charge is 0.347 e. The lowest BCUT2D eigenvalue weighted by molar-refractivity contribution is -0.132. The molecule has 1 saturated heterocycles. The van der Waals surface area contributed by atoms with Gasteiger partial charge in [-0.05, 0) is 6.07 Å². The number of piperazine rings is 1. The number of carbonyl (C=O) groups excluding carboxylic acids is 1. The Labute approximate surface area is 99.3 Å². The number of nitrogens with zero attached hydrogens (tertiary/aromatic N) is 3. The van der Waals surface area contributed by atoms with Crippen molar-refractivity contribution in [1.82, 2.24) is 19.8 Å². The molecular formula is C11H16N4O2. The molecule has 17 heavy (non-hydrogen) atoms. The van der Waals surface area contributed by atoms with Gasteiger partial charge in [0.05, 0.1) is 0 Å². The average Bonchev–Trinajstić information content (AvgIpc) is 2.38. The third-order valence-corrected chi connectivity index (χ3v) is 2.82. The van der Waals surface area contributed by atoms with Crippen LogP contribution in [0.2, 0.25) is 0 Å². The fourth-order valence-electron chi connectivity index (χ4n) is 1.85. The summed E-state index contributed by atoms with van der Waals surface area (Å²) in [4.78, 5) is 28.6. The molecule has 0 atom stereocenters. The molecule has 0 aliphatic carbocycles. The van der Waals surface area contributed by atoms with Crippen molar-refractivity contribution in [2.75, 3.05) is 26.2 Å². The van der Waals surface area contributed by atoms with E-state index in [0.717, 1.165) is 26.2 Å². The molecule has 1 N–H and O–H groups in total. The highest BCUT2D eigenvalue weighted by Crippen LogP contribution is 1.98. The highest BCUT2D eigenvalue weighted by atomic mass is 16.2. The van der Waals surface area contributed by atoms with Crippen LogP contribution in [0.25, 0.3) is 0 Å². The second-order valence-corrected chi connectivity index (χ2v) is 3.98. The molecule has 0 unspecified atom stereocenters. The minimum Gasteiger partial charge on any atom is -0.340 e. The predicted molar refractivity (Wildman–Crippen MR) is 62.6 cm³/mol. The molecule has 6 nitrogen and oxygen atoms in total. The zero-order chi connectivity index (χ0) is 12.1. The van der Waals surface area contributed by atoms with Crippen molar-refractivity contribution in [1.29, 1.82) is 0 Å². The molecule has 1 fully saturated rings. The van der Waals surface area contributed by atoms with E-state index in [9.17, 15) is 9.59 Å². The smallest absolute Gasteiger partial charge is 0.340 e. The number of carbonyl (C=O) groups is 1. The lowest BCUT2D eigenvalue weighted by atomic mass is 10.3. The molecule has 0 saturated carbocycles. The minimum atomic E-state index is -0.305. The second kappa shape index (κ2) is 5.58. The van der Waals surface area contributed by atoms with Gasteiger partial charge in [-0.25, -0.2) is 9.78 Å². The van der Waals surface area contributed by atoms with Crippen molar-refractivity contribution in [3.05, 3.63) is 28.9 Å². The van der Waals surface area contributed by atoms with Crippen molar-refractivity contribution in [2.45, 2.75) is 13.0 Å². The minimum absolute atomic E-state index is 0.0993. The topological polar surface area (TPSA) is 67.2 Å². The molecule has 92 valence electrons. The molecule has 2 rings (SSSR count). The Bertz CT molecular complexity index is 437. The summed E-state index contributed by atoms with van der Waals surface area (Å²) in [5.41, 5.74) is -0.305. The fraction of sp³-hybridized carbons (Fsp3) is 0.545. The fourth-order valence-corrected chi connectivity index (χ4v) is 1.85. The normalized spacial score (nSPS) is 15.9. The zero-order valence-electron chi connectivity index (χ0n) is 9.63. The molecule has 6 heteroatoms. The molecule has 0 spiro atoms. The Balaban J connectivity index is 1.87. The van der Waals surface area contributed by atoms with E-state index in [2.05, 4.69) is 10.3 Å². The molecule has 0 bridgehead atoms. The van der Waals surface area contributed by atoms with E-state index in [-0.39, 0.29) is 11.6 Å². The van der Waals surface area contributed by atoms with Gasteiger partial charge in [-0.3, -0.25) is 9.36 Å². The van der Waals surface area contributed by atoms with Gasteiger partial charge in [0.25, 0.3) is 0 Å². The average molecular weight is 236 g/mol. The maximum absolute atomic E-state index is 11.8. The van der Waals surface area contributed by atoms with Crippen molar-refractivity contribution in [3.8, 4) is 0 Å². The Morgan fingerprint density at radius 1 is 1.41 bits per heavy atom. The van der Waals surface area contributed by atoms with Crippen LogP contribution in [-0.2, 0) is 11.3 Å². The lowest BCUT2D eigenvalue weighted by Gasteiger charge is -2.27. The van der Waals surface area contributed by atoms with Gasteiger partial charge in [-0.15, -0.1) is 0 Å². The van der Waals surface area contributed by atoms with Crippen LogP contribution in [0.3, 0.4) is 0 Å². The van der Waals surface area contributed by atoms with Crippen LogP contribution in [0.4, 0.5) is 0 Å². The highest BCUT2D eigenvalue weighted by Gasteiger charge is 2.15. The number of amides is 1. The standard InChI is InChI=1S/C11H16N4O2/c16-10(14-8-4-12-5-9-14)2-7-15-6-1-3-13-11(15)17/h1,3,6,12H,2,4-5,7-9H2. The van der Waals surface area contributed by atoms with E-state index >= 15 is 0 Å². The number of rotatable bonds is 3. The van der Waals surface area contributed by atoms with E-state index in [1.165, 1.54) is 10.8 Å². The first-order valence-corrected chi connectivity index (χ1v) is 5.77. The summed E-state index contributed by atoms with van der Waals surface area (Å²) < 4.78 is 1.46. The maximum Gasteiger partial charge on any atom is 0.347 e. The van der Waals surface area contributed by atoms with Gasteiger partial charge in [-0.2, -0.15) is 0 Å². The monoisotopic (exact) mass is 236 g/mol. The predicted octanol–water partition coefficient (Wildman–Crippen LogP) is -0.935. The molecule has 1 amide bonds. The van der Waals surface area contributed by atoms with Crippen LogP contribution in [0.15, 0.2) is 23.3 Å². The van der Waals surface area contributed by atoms with Gasteiger partial charge in [0, 0.05) is 51.5 Å². The van der Waals surface area contributed by atoms with Crippen LogP contribution in [-0.4, -0.2) is 46.5 Å². The third-order valence-electron chi connectivity index (χ3n) is 2.82. The molecule has 1 aliphatic rings. The zero-order valence-corrected chi connectivity index (χ0v) is 9.63. The van der Waals surface area contributed by atoms with E-state index < -0.39 is 0 Å². The second-order valence-electron chi connectivity index (χ2n) is 3.98. The van der Waals surface area contributed by atoms with Crippen molar-refractivity contribution in [3.63, 3.8) is 0 Å². The summed E-state index contributed by atoms with van der Waals surface area (Å²) in [5.74, 6) is 0.0993. The first kappa shape index (κ1) is 11.8. The Morgan fingerprint density at radius 2 is 2.18 bits per heavy atom. The Kier molecular flexibility index (Phi) is 3.87. The molecule has 1 aromatic heterocycles. The number of nitrogens with one attached hydrogen (secondary N) is 1. The number of aryl methyl sites for hydroxylation is 1. The van der Waals surface area contributed by atoms with Crippen LogP contribution in [0, 0.1) is 0 Å². The number of hydrogen-bond donors (Lipinski definition) is 1. The van der Waals surface area contributed by atoms with Crippen molar-refractivity contribution < 1.29 is 4.79 Å². The molecule has 1 aromatic rings. The van der Waals surface area contributed by atoms with Gasteiger partial charge >= 0.3 is 5.69 Å². The van der Waals surface area contributed by atoms with Crippen molar-refractivity contribution >= 4 is 5.91 Å². The van der Waals surface area contributed by atoms with Crippen LogP contribution in [0.1, 0.15) is 6.42 Å². The summed E-state index contributed by atoms with van der Waals surface area (Å²) in [7, 11) is 0. The van der Waals surface area contributed by atoms with Gasteiger partial charge < -0.3 is 10.2 Å². The van der Waals surface area contributed by atoms with E-state index in [0.29, 0.717) is 13.0 Å². The van der Waals surface area contributed by atoms with Crippen molar-refractivity contribution in [2.24, 2.45) is 0 Å². The van der Waals surface area contributed by atoms with Gasteiger partial charge in [0.1, 0.15) is 0 Å². The summed E-state index contributed by atoms with van der Waals surface area (Å²) >= 11 is 0. The van der Waals surface area contributed by atoms with E-state index in [4.69, 9.17) is 0 Å². The summed E-state index contributed by atoms with van der Waals surface area (Å²) in [6.45, 7) is 3.59. The molecule has 0 radical (unpaired) electrons. The summed E-state index contributed by atoms with van der Waals surface area (Å²) in [6, 6.07) is 1.69. The Hall–Kier alpha value is -1.69. The first-order valence-electron chi connectivity index (χ1n) is 5.77. The van der Waals surface area contributed by atoms with Crippen LogP contribution < -0.4 is 11.0 Å². The highest BCUT2D eigenvalue weighted by molar-refractivity contribution is 5.76. The summed E-state index contributed by atoms with van der Waals surface area (Å²) in [6.07, 6.45) is 3.46. The Morgan fingerprint density at radius 3 is 2.88 bits per heavy atom. The van der Waals surface area contributed by atoms with E-state index in [1.54, 1.807) is 12.3 Å². The number of aromatic nitrogens is 2. The molecule has 1 aliphatic heterocycles. The third kappa shape index (κ3) is 3.13.